The first kappa shape index (κ1) is 25.1. The number of nitrogens with zero attached hydrogens (tertiary/aromatic N) is 3. The molecule has 1 aliphatic rings. The number of piperidine rings is 1. The summed E-state index contributed by atoms with van der Waals surface area (Å²) in [4.78, 5) is 46.8. The predicted molar refractivity (Wildman–Crippen MR) is 126 cm³/mol. The molecule has 1 saturated heterocycles. The van der Waals surface area contributed by atoms with Gasteiger partial charge in [-0.1, -0.05) is 0 Å². The number of carbonyl (C=O) groups excluding carboxylic acids is 3. The molecule has 0 aromatic carbocycles. The first-order valence-corrected chi connectivity index (χ1v) is 11.0. The first-order chi connectivity index (χ1) is 16.2. The van der Waals surface area contributed by atoms with E-state index in [-0.39, 0.29) is 17.6 Å². The third kappa shape index (κ3) is 6.49. The molecule has 1 fully saturated rings. The van der Waals surface area contributed by atoms with Crippen molar-refractivity contribution < 1.29 is 23.9 Å². The summed E-state index contributed by atoms with van der Waals surface area (Å²) in [5, 5.41) is 7.93. The Balaban J connectivity index is 1.58. The van der Waals surface area contributed by atoms with Gasteiger partial charge in [0, 0.05) is 32.3 Å². The lowest BCUT2D eigenvalue weighted by molar-refractivity contribution is -0.138. The van der Waals surface area contributed by atoms with Crippen molar-refractivity contribution in [3.8, 4) is 11.5 Å². The average Bonchev–Trinajstić information content (AvgIpc) is 2.85. The number of carbonyl (C=O) groups is 3. The van der Waals surface area contributed by atoms with Gasteiger partial charge in [0.15, 0.2) is 0 Å². The third-order valence-electron chi connectivity index (χ3n) is 5.58. The van der Waals surface area contributed by atoms with Gasteiger partial charge in [0.05, 0.1) is 6.20 Å². The molecule has 0 spiro atoms. The molecule has 182 valence electrons. The zero-order chi connectivity index (χ0) is 24.7. The molecule has 2 aromatic heterocycles. The highest BCUT2D eigenvalue weighted by Crippen LogP contribution is 2.26. The van der Waals surface area contributed by atoms with E-state index in [0.717, 1.165) is 25.9 Å². The van der Waals surface area contributed by atoms with Gasteiger partial charge < -0.3 is 14.8 Å². The molecule has 3 heterocycles. The molecule has 0 unspecified atom stereocenters. The average molecular weight is 471 g/mol. The van der Waals surface area contributed by atoms with Gasteiger partial charge in [-0.3, -0.25) is 25.1 Å². The lowest BCUT2D eigenvalue weighted by Gasteiger charge is -2.26. The van der Waals surface area contributed by atoms with Crippen LogP contribution >= 0.6 is 0 Å². The second kappa shape index (κ2) is 11.0. The molecule has 11 nitrogen and oxygen atoms in total. The zero-order valence-electron chi connectivity index (χ0n) is 19.8. The first-order valence-electron chi connectivity index (χ1n) is 11.0. The minimum absolute atomic E-state index is 0.0186. The molecule has 0 bridgehead atoms. The van der Waals surface area contributed by atoms with Crippen molar-refractivity contribution in [2.75, 3.05) is 37.5 Å². The van der Waals surface area contributed by atoms with Crippen molar-refractivity contribution >= 4 is 29.5 Å². The number of rotatable bonds is 7. The van der Waals surface area contributed by atoms with Crippen LogP contribution in [-0.2, 0) is 14.3 Å². The number of hydrogen-bond donors (Lipinski definition) is 3. The fraction of sp³-hybridized carbons (Fsp3) is 0.435. The third-order valence-corrected chi connectivity index (χ3v) is 5.58. The van der Waals surface area contributed by atoms with Crippen LogP contribution in [0.15, 0.2) is 36.7 Å². The highest BCUT2D eigenvalue weighted by atomic mass is 16.5. The lowest BCUT2D eigenvalue weighted by Crippen LogP contribution is -2.47. The van der Waals surface area contributed by atoms with Crippen LogP contribution in [0.2, 0.25) is 0 Å². The number of hydrogen-bond acceptors (Lipinski definition) is 8. The fourth-order valence-electron chi connectivity index (χ4n) is 3.25. The standard InChI is InChI=1S/C23H30N6O5/c1-23(2,33-4)21(31)28-22(32)27-18-6-5-17(14-26-18)34-16-9-12-25-19(13-16)29(3)20(30)15-7-10-24-11-8-15/h5-6,9,12-15,24H,7-8,10-11H2,1-4H3,(H2,26,27,28,31,32). The Morgan fingerprint density at radius 1 is 1.12 bits per heavy atom. The molecule has 1 aliphatic heterocycles. The molecule has 0 saturated carbocycles. The number of imide groups is 1. The molecule has 2 aromatic rings. The number of pyridine rings is 2. The van der Waals surface area contributed by atoms with Gasteiger partial charge >= 0.3 is 6.03 Å². The summed E-state index contributed by atoms with van der Waals surface area (Å²) < 4.78 is 10.9. The molecule has 3 rings (SSSR count). The van der Waals surface area contributed by atoms with Crippen LogP contribution in [0.3, 0.4) is 0 Å². The van der Waals surface area contributed by atoms with Crippen LogP contribution in [-0.4, -0.2) is 60.7 Å². The molecule has 11 heteroatoms. The number of methoxy groups -OCH3 is 1. The topological polar surface area (TPSA) is 135 Å². The number of amides is 4. The monoisotopic (exact) mass is 470 g/mol. The van der Waals surface area contributed by atoms with Crippen molar-refractivity contribution in [1.82, 2.24) is 20.6 Å². The van der Waals surface area contributed by atoms with E-state index in [9.17, 15) is 14.4 Å². The van der Waals surface area contributed by atoms with Gasteiger partial charge in [-0.15, -0.1) is 0 Å². The number of anilines is 2. The molecular formula is C23H30N6O5. The number of nitrogens with one attached hydrogen (secondary N) is 3. The van der Waals surface area contributed by atoms with Crippen molar-refractivity contribution in [2.45, 2.75) is 32.3 Å². The van der Waals surface area contributed by atoms with E-state index in [1.54, 1.807) is 50.2 Å². The maximum absolute atomic E-state index is 12.8. The van der Waals surface area contributed by atoms with Gasteiger partial charge in [0.2, 0.25) is 5.91 Å². The summed E-state index contributed by atoms with van der Waals surface area (Å²) in [7, 11) is 3.09. The van der Waals surface area contributed by atoms with Crippen LogP contribution in [0, 0.1) is 5.92 Å². The normalized spacial score (nSPS) is 14.2. The quantitative estimate of drug-likeness (QED) is 0.561. The van der Waals surface area contributed by atoms with Crippen LogP contribution in [0.4, 0.5) is 16.4 Å². The Morgan fingerprint density at radius 3 is 2.50 bits per heavy atom. The van der Waals surface area contributed by atoms with E-state index in [1.807, 2.05) is 0 Å². The Labute approximate surface area is 198 Å². The molecule has 4 amide bonds. The smallest absolute Gasteiger partial charge is 0.327 e. The summed E-state index contributed by atoms with van der Waals surface area (Å²) >= 11 is 0. The number of urea groups is 1. The summed E-state index contributed by atoms with van der Waals surface area (Å²) in [5.74, 6) is 1.08. The zero-order valence-corrected chi connectivity index (χ0v) is 19.8. The highest BCUT2D eigenvalue weighted by Gasteiger charge is 2.28. The predicted octanol–water partition coefficient (Wildman–Crippen LogP) is 2.30. The van der Waals surface area contributed by atoms with Gasteiger partial charge in [0.25, 0.3) is 5.91 Å². The molecule has 0 aliphatic carbocycles. The molecule has 34 heavy (non-hydrogen) atoms. The summed E-state index contributed by atoms with van der Waals surface area (Å²) in [6.45, 7) is 4.76. The van der Waals surface area contributed by atoms with E-state index in [4.69, 9.17) is 9.47 Å². The minimum Gasteiger partial charge on any atom is -0.456 e. The van der Waals surface area contributed by atoms with E-state index in [0.29, 0.717) is 17.3 Å². The van der Waals surface area contributed by atoms with Gasteiger partial charge in [-0.2, -0.15) is 0 Å². The largest absolute Gasteiger partial charge is 0.456 e. The van der Waals surface area contributed by atoms with Crippen molar-refractivity contribution in [1.29, 1.82) is 0 Å². The number of aromatic nitrogens is 2. The van der Waals surface area contributed by atoms with E-state index < -0.39 is 17.5 Å². The Kier molecular flexibility index (Phi) is 8.13. The van der Waals surface area contributed by atoms with Crippen LogP contribution in [0.1, 0.15) is 26.7 Å². The van der Waals surface area contributed by atoms with E-state index >= 15 is 0 Å². The maximum atomic E-state index is 12.8. The van der Waals surface area contributed by atoms with Gasteiger partial charge in [0.1, 0.15) is 28.7 Å². The Hall–Kier alpha value is -3.57. The van der Waals surface area contributed by atoms with Crippen LogP contribution in [0.25, 0.3) is 0 Å². The van der Waals surface area contributed by atoms with Crippen LogP contribution < -0.4 is 25.6 Å². The fourth-order valence-corrected chi connectivity index (χ4v) is 3.25. The Morgan fingerprint density at radius 2 is 1.85 bits per heavy atom. The molecular weight excluding hydrogens is 440 g/mol. The van der Waals surface area contributed by atoms with Crippen molar-refractivity contribution in [2.24, 2.45) is 5.92 Å². The van der Waals surface area contributed by atoms with Crippen LogP contribution in [0.5, 0.6) is 11.5 Å². The van der Waals surface area contributed by atoms with Gasteiger partial charge in [-0.25, -0.2) is 14.8 Å². The van der Waals surface area contributed by atoms with Gasteiger partial charge in [-0.05, 0) is 58.0 Å². The highest BCUT2D eigenvalue weighted by molar-refractivity contribution is 6.03. The molecule has 0 atom stereocenters. The maximum Gasteiger partial charge on any atom is 0.327 e. The summed E-state index contributed by atoms with van der Waals surface area (Å²) in [5.41, 5.74) is -1.14. The van der Waals surface area contributed by atoms with Crippen molar-refractivity contribution in [3.05, 3.63) is 36.7 Å². The minimum atomic E-state index is -1.14. The Bertz CT molecular complexity index is 1020. The summed E-state index contributed by atoms with van der Waals surface area (Å²) in [6.07, 6.45) is 4.62. The lowest BCUT2D eigenvalue weighted by atomic mass is 9.97. The van der Waals surface area contributed by atoms with E-state index in [2.05, 4.69) is 25.9 Å². The molecule has 3 N–H and O–H groups in total. The molecule has 0 radical (unpaired) electrons. The van der Waals surface area contributed by atoms with E-state index in [1.165, 1.54) is 19.4 Å². The number of ether oxygens (including phenoxy) is 2. The van der Waals surface area contributed by atoms with Crippen molar-refractivity contribution in [3.63, 3.8) is 0 Å². The summed E-state index contributed by atoms with van der Waals surface area (Å²) in [6, 6.07) is 5.79. The second-order valence-corrected chi connectivity index (χ2v) is 8.38. The second-order valence-electron chi connectivity index (χ2n) is 8.38. The SMILES string of the molecule is COC(C)(C)C(=O)NC(=O)Nc1ccc(Oc2ccnc(N(C)C(=O)C3CCNCC3)c2)cn1.